The summed E-state index contributed by atoms with van der Waals surface area (Å²) >= 11 is 0. The number of hydrogen-bond acceptors (Lipinski definition) is 9. The average Bonchev–Trinajstić information content (AvgIpc) is 2.77. The molecular formula is C9H8N6O4. The minimum Gasteiger partial charge on any atom is -0.507 e. The van der Waals surface area contributed by atoms with Crippen LogP contribution in [-0.2, 0) is 0 Å². The first kappa shape index (κ1) is 12.3. The van der Waals surface area contributed by atoms with Crippen LogP contribution in [-0.4, -0.2) is 26.6 Å². The lowest BCUT2D eigenvalue weighted by atomic mass is 10.2. The van der Waals surface area contributed by atoms with Crippen LogP contribution in [0.15, 0.2) is 27.9 Å². The fourth-order valence-corrected chi connectivity index (χ4v) is 1.19. The van der Waals surface area contributed by atoms with Crippen molar-refractivity contribution in [2.75, 3.05) is 11.2 Å². The van der Waals surface area contributed by atoms with E-state index < -0.39 is 4.92 Å². The Hall–Kier alpha value is -3.17. The number of non-ortho nitro benzene ring substituents is 1. The van der Waals surface area contributed by atoms with Crippen LogP contribution in [0.25, 0.3) is 0 Å². The van der Waals surface area contributed by atoms with Gasteiger partial charge < -0.3 is 10.8 Å². The van der Waals surface area contributed by atoms with E-state index >= 15 is 0 Å². The van der Waals surface area contributed by atoms with Crippen molar-refractivity contribution >= 4 is 23.5 Å². The van der Waals surface area contributed by atoms with Gasteiger partial charge in [0.2, 0.25) is 11.6 Å². The summed E-state index contributed by atoms with van der Waals surface area (Å²) in [4.78, 5) is 10.0. The third-order valence-corrected chi connectivity index (χ3v) is 2.11. The Bertz CT molecular complexity index is 637. The number of nitrogens with one attached hydrogen (secondary N) is 1. The Morgan fingerprint density at radius 3 is 2.95 bits per heavy atom. The summed E-state index contributed by atoms with van der Waals surface area (Å²) in [6, 6.07) is 3.55. The molecule has 0 amide bonds. The van der Waals surface area contributed by atoms with Crippen LogP contribution >= 0.6 is 0 Å². The van der Waals surface area contributed by atoms with Gasteiger partial charge in [0, 0.05) is 17.7 Å². The third-order valence-electron chi connectivity index (χ3n) is 2.11. The number of aromatic nitrogens is 2. The number of nitrogens with zero attached hydrogens (tertiary/aromatic N) is 4. The van der Waals surface area contributed by atoms with E-state index in [2.05, 4.69) is 25.5 Å². The van der Waals surface area contributed by atoms with Gasteiger partial charge in [-0.25, -0.2) is 4.63 Å². The highest BCUT2D eigenvalue weighted by molar-refractivity contribution is 5.85. The first-order valence-corrected chi connectivity index (χ1v) is 4.92. The highest BCUT2D eigenvalue weighted by Gasteiger charge is 2.09. The van der Waals surface area contributed by atoms with E-state index in [0.717, 1.165) is 0 Å². The summed E-state index contributed by atoms with van der Waals surface area (Å²) in [5, 5.41) is 30.5. The molecule has 2 rings (SSSR count). The summed E-state index contributed by atoms with van der Waals surface area (Å²) in [7, 11) is 0. The van der Waals surface area contributed by atoms with E-state index in [9.17, 15) is 15.2 Å². The minimum absolute atomic E-state index is 0.0143. The van der Waals surface area contributed by atoms with Gasteiger partial charge in [0.15, 0.2) is 0 Å². The van der Waals surface area contributed by atoms with Gasteiger partial charge in [-0.15, -0.1) is 0 Å². The maximum Gasteiger partial charge on any atom is 0.270 e. The van der Waals surface area contributed by atoms with Gasteiger partial charge in [0.05, 0.1) is 11.1 Å². The predicted octanol–water partition coefficient (Wildman–Crippen LogP) is 0.712. The smallest absolute Gasteiger partial charge is 0.270 e. The topological polar surface area (TPSA) is 153 Å². The van der Waals surface area contributed by atoms with E-state index in [4.69, 9.17) is 5.73 Å². The lowest BCUT2D eigenvalue weighted by molar-refractivity contribution is -0.384. The molecule has 1 aromatic carbocycles. The van der Waals surface area contributed by atoms with Crippen LogP contribution in [0.4, 0.5) is 17.3 Å². The van der Waals surface area contributed by atoms with E-state index in [1.54, 1.807) is 0 Å². The molecule has 10 heteroatoms. The molecule has 19 heavy (non-hydrogen) atoms. The monoisotopic (exact) mass is 264 g/mol. The molecule has 0 unspecified atom stereocenters. The van der Waals surface area contributed by atoms with E-state index in [1.807, 2.05) is 0 Å². The van der Waals surface area contributed by atoms with Gasteiger partial charge in [-0.05, 0) is 16.4 Å². The van der Waals surface area contributed by atoms with Gasteiger partial charge in [-0.1, -0.05) is 0 Å². The largest absolute Gasteiger partial charge is 0.507 e. The van der Waals surface area contributed by atoms with Crippen molar-refractivity contribution < 1.29 is 14.7 Å². The molecule has 0 saturated carbocycles. The molecule has 0 spiro atoms. The highest BCUT2D eigenvalue weighted by atomic mass is 16.6. The Morgan fingerprint density at radius 1 is 1.53 bits per heavy atom. The molecule has 4 N–H and O–H groups in total. The second kappa shape index (κ2) is 5.00. The van der Waals surface area contributed by atoms with Crippen molar-refractivity contribution in [2.24, 2.45) is 5.10 Å². The molecule has 0 radical (unpaired) electrons. The number of nitrogen functional groups attached to an aromatic ring is 1. The SMILES string of the molecule is Nc1nonc1N/N=C\c1cc([N+](=O)[O-])ccc1O. The molecule has 0 saturated heterocycles. The number of rotatable bonds is 4. The van der Waals surface area contributed by atoms with Crippen LogP contribution in [0.1, 0.15) is 5.56 Å². The predicted molar refractivity (Wildman–Crippen MR) is 64.7 cm³/mol. The van der Waals surface area contributed by atoms with Crippen LogP contribution in [0.5, 0.6) is 5.75 Å². The van der Waals surface area contributed by atoms with Crippen LogP contribution in [0.3, 0.4) is 0 Å². The first-order chi connectivity index (χ1) is 9.08. The van der Waals surface area contributed by atoms with Crippen molar-refractivity contribution in [3.05, 3.63) is 33.9 Å². The number of nitro groups is 1. The number of hydrazone groups is 1. The van der Waals surface area contributed by atoms with Crippen LogP contribution in [0, 0.1) is 10.1 Å². The first-order valence-electron chi connectivity index (χ1n) is 4.92. The number of aromatic hydroxyl groups is 1. The van der Waals surface area contributed by atoms with Gasteiger partial charge in [0.1, 0.15) is 5.75 Å². The van der Waals surface area contributed by atoms with E-state index in [-0.39, 0.29) is 28.6 Å². The molecule has 0 bridgehead atoms. The maximum absolute atomic E-state index is 10.6. The second-order valence-corrected chi connectivity index (χ2v) is 3.37. The van der Waals surface area contributed by atoms with E-state index in [1.165, 1.54) is 24.4 Å². The Morgan fingerprint density at radius 2 is 2.32 bits per heavy atom. The van der Waals surface area contributed by atoms with Gasteiger partial charge in [-0.3, -0.25) is 15.5 Å². The number of nitro benzene ring substituents is 1. The molecule has 0 aliphatic heterocycles. The van der Waals surface area contributed by atoms with Crippen LogP contribution in [0.2, 0.25) is 0 Å². The van der Waals surface area contributed by atoms with Crippen molar-refractivity contribution in [1.82, 2.24) is 10.3 Å². The normalized spacial score (nSPS) is 10.7. The number of phenols is 1. The van der Waals surface area contributed by atoms with Crippen molar-refractivity contribution in [1.29, 1.82) is 0 Å². The number of phenolic OH excluding ortho intramolecular Hbond substituents is 1. The third kappa shape index (κ3) is 2.74. The lowest BCUT2D eigenvalue weighted by Crippen LogP contribution is -1.96. The molecule has 0 aliphatic rings. The quantitative estimate of drug-likeness (QED) is 0.414. The number of benzene rings is 1. The zero-order chi connectivity index (χ0) is 13.8. The summed E-state index contributed by atoms with van der Waals surface area (Å²) in [6.45, 7) is 0. The molecule has 98 valence electrons. The van der Waals surface area contributed by atoms with Crippen molar-refractivity contribution in [3.8, 4) is 5.75 Å². The standard InChI is InChI=1S/C9H8N6O4/c10-8-9(14-19-13-8)12-11-4-5-3-6(15(17)18)1-2-7(5)16/h1-4,16H,(H2,10,13)(H,12,14)/b11-4-. The van der Waals surface area contributed by atoms with E-state index in [0.29, 0.717) is 0 Å². The molecule has 0 aliphatic carbocycles. The summed E-state index contributed by atoms with van der Waals surface area (Å²) < 4.78 is 4.32. The molecule has 1 heterocycles. The Balaban J connectivity index is 2.16. The average molecular weight is 264 g/mol. The van der Waals surface area contributed by atoms with Gasteiger partial charge in [0.25, 0.3) is 5.69 Å². The second-order valence-electron chi connectivity index (χ2n) is 3.37. The van der Waals surface area contributed by atoms with Crippen molar-refractivity contribution in [3.63, 3.8) is 0 Å². The lowest BCUT2D eigenvalue weighted by Gasteiger charge is -1.98. The maximum atomic E-state index is 10.6. The number of nitrogens with two attached hydrogens (primary N) is 1. The molecule has 10 nitrogen and oxygen atoms in total. The fraction of sp³-hybridized carbons (Fsp3) is 0. The zero-order valence-electron chi connectivity index (χ0n) is 9.35. The highest BCUT2D eigenvalue weighted by Crippen LogP contribution is 2.21. The Labute approximate surface area is 105 Å². The van der Waals surface area contributed by atoms with Gasteiger partial charge >= 0.3 is 0 Å². The number of hydrogen-bond donors (Lipinski definition) is 3. The summed E-state index contributed by atoms with van der Waals surface area (Å²) in [5.74, 6) is -0.0380. The summed E-state index contributed by atoms with van der Waals surface area (Å²) in [6.07, 6.45) is 1.18. The number of anilines is 2. The summed E-state index contributed by atoms with van der Waals surface area (Å²) in [5.41, 5.74) is 7.78. The molecule has 2 aromatic rings. The van der Waals surface area contributed by atoms with Crippen LogP contribution < -0.4 is 11.2 Å². The zero-order valence-corrected chi connectivity index (χ0v) is 9.35. The Kier molecular flexibility index (Phi) is 3.23. The fourth-order valence-electron chi connectivity index (χ4n) is 1.19. The minimum atomic E-state index is -0.580. The molecule has 1 aromatic heterocycles. The van der Waals surface area contributed by atoms with Crippen molar-refractivity contribution in [2.45, 2.75) is 0 Å². The molecule has 0 fully saturated rings. The van der Waals surface area contributed by atoms with Gasteiger partial charge in [-0.2, -0.15) is 5.10 Å². The molecular weight excluding hydrogens is 256 g/mol. The molecule has 0 atom stereocenters.